The molecule has 1 N–H and O–H groups in total. The van der Waals surface area contributed by atoms with Crippen LogP contribution in [0.15, 0.2) is 42.5 Å². The van der Waals surface area contributed by atoms with Crippen LogP contribution in [0, 0.1) is 11.8 Å². The highest BCUT2D eigenvalue weighted by Gasteiger charge is 2.36. The molecular formula is C23H24O2. The predicted molar refractivity (Wildman–Crippen MR) is 101 cm³/mol. The smallest absolute Gasteiger partial charge is 0.335 e. The minimum absolute atomic E-state index is 0.158. The van der Waals surface area contributed by atoms with E-state index in [4.69, 9.17) is 5.11 Å². The molecule has 1 aliphatic rings. The number of rotatable bonds is 1. The first-order valence-electron chi connectivity index (χ1n) is 8.69. The first kappa shape index (κ1) is 17.3. The molecule has 0 saturated carbocycles. The van der Waals surface area contributed by atoms with Crippen molar-refractivity contribution in [2.75, 3.05) is 0 Å². The molecule has 1 aliphatic carbocycles. The van der Waals surface area contributed by atoms with Gasteiger partial charge in [0, 0.05) is 11.1 Å². The highest BCUT2D eigenvalue weighted by molar-refractivity contribution is 5.88. The molecule has 0 aromatic heterocycles. The summed E-state index contributed by atoms with van der Waals surface area (Å²) in [5, 5.41) is 9.09. The molecule has 0 radical (unpaired) electrons. The van der Waals surface area contributed by atoms with Gasteiger partial charge in [-0.05, 0) is 65.1 Å². The quantitative estimate of drug-likeness (QED) is 0.735. The minimum atomic E-state index is -0.929. The maximum Gasteiger partial charge on any atom is 0.335 e. The van der Waals surface area contributed by atoms with E-state index in [1.807, 2.05) is 6.07 Å². The topological polar surface area (TPSA) is 37.3 Å². The molecule has 0 amide bonds. The number of carboxylic acid groups (broad SMARTS) is 1. The van der Waals surface area contributed by atoms with Crippen LogP contribution in [0.1, 0.15) is 73.1 Å². The summed E-state index contributed by atoms with van der Waals surface area (Å²) in [7, 11) is 0. The van der Waals surface area contributed by atoms with Gasteiger partial charge in [-0.1, -0.05) is 51.7 Å². The summed E-state index contributed by atoms with van der Waals surface area (Å²) < 4.78 is 0. The number of carbonyl (C=O) groups is 1. The molecule has 0 atom stereocenters. The molecule has 2 heteroatoms. The van der Waals surface area contributed by atoms with Crippen LogP contribution in [-0.4, -0.2) is 11.1 Å². The van der Waals surface area contributed by atoms with Gasteiger partial charge in [-0.15, -0.1) is 0 Å². The first-order chi connectivity index (χ1) is 11.7. The van der Waals surface area contributed by atoms with Gasteiger partial charge in [-0.3, -0.25) is 0 Å². The Hall–Kier alpha value is -2.53. The normalized spacial score (nSPS) is 17.1. The van der Waals surface area contributed by atoms with Gasteiger partial charge in [0.25, 0.3) is 0 Å². The number of hydrogen-bond donors (Lipinski definition) is 1. The van der Waals surface area contributed by atoms with Gasteiger partial charge in [0.2, 0.25) is 0 Å². The number of fused-ring (bicyclic) bond motifs is 1. The van der Waals surface area contributed by atoms with Gasteiger partial charge in [0.15, 0.2) is 0 Å². The predicted octanol–water partition coefficient (Wildman–Crippen LogP) is 5.13. The van der Waals surface area contributed by atoms with Crippen molar-refractivity contribution >= 4 is 5.97 Å². The Balaban J connectivity index is 1.99. The summed E-state index contributed by atoms with van der Waals surface area (Å²) in [5.41, 5.74) is 5.12. The summed E-state index contributed by atoms with van der Waals surface area (Å²) in [4.78, 5) is 11.1. The Morgan fingerprint density at radius 2 is 1.48 bits per heavy atom. The van der Waals surface area contributed by atoms with Gasteiger partial charge in [-0.25, -0.2) is 4.79 Å². The molecule has 0 spiro atoms. The Labute approximate surface area is 149 Å². The van der Waals surface area contributed by atoms with Crippen molar-refractivity contribution in [3.8, 4) is 11.8 Å². The van der Waals surface area contributed by atoms with Crippen molar-refractivity contribution in [1.29, 1.82) is 0 Å². The van der Waals surface area contributed by atoms with Crippen LogP contribution in [-0.2, 0) is 10.8 Å². The second-order valence-corrected chi connectivity index (χ2v) is 8.16. The SMILES string of the molecule is CC1(C)CCC(C)(C)c2cc(C#Cc3cccc(C(=O)O)c3)ccc21. The first-order valence-corrected chi connectivity index (χ1v) is 8.69. The fourth-order valence-corrected chi connectivity index (χ4v) is 3.54. The second kappa shape index (κ2) is 6.08. The molecule has 2 nitrogen and oxygen atoms in total. The van der Waals surface area contributed by atoms with E-state index >= 15 is 0 Å². The van der Waals surface area contributed by atoms with Crippen LogP contribution in [0.25, 0.3) is 0 Å². The standard InChI is InChI=1S/C23H24O2/c1-22(2)12-13-23(3,4)20-15-17(10-11-19(20)22)9-8-16-6-5-7-18(14-16)21(24)25/h5-7,10-11,14-15H,12-13H2,1-4H3,(H,24,25). The lowest BCUT2D eigenvalue weighted by atomic mass is 9.63. The molecule has 0 bridgehead atoms. The third-order valence-electron chi connectivity index (χ3n) is 5.31. The minimum Gasteiger partial charge on any atom is -0.478 e. The molecule has 0 heterocycles. The molecule has 0 fully saturated rings. The second-order valence-electron chi connectivity index (χ2n) is 8.16. The molecule has 3 rings (SSSR count). The zero-order valence-corrected chi connectivity index (χ0v) is 15.3. The number of carboxylic acids is 1. The van der Waals surface area contributed by atoms with E-state index in [1.54, 1.807) is 18.2 Å². The monoisotopic (exact) mass is 332 g/mol. The van der Waals surface area contributed by atoms with Crippen LogP contribution in [0.3, 0.4) is 0 Å². The fraction of sp³-hybridized carbons (Fsp3) is 0.348. The molecule has 0 saturated heterocycles. The van der Waals surface area contributed by atoms with Crippen LogP contribution in [0.5, 0.6) is 0 Å². The van der Waals surface area contributed by atoms with E-state index in [-0.39, 0.29) is 16.4 Å². The van der Waals surface area contributed by atoms with Gasteiger partial charge >= 0.3 is 5.97 Å². The Bertz CT molecular complexity index is 892. The molecule has 0 unspecified atom stereocenters. The Morgan fingerprint density at radius 1 is 0.880 bits per heavy atom. The average molecular weight is 332 g/mol. The van der Waals surface area contributed by atoms with Gasteiger partial charge in [0.1, 0.15) is 0 Å². The summed E-state index contributed by atoms with van der Waals surface area (Å²) in [6, 6.07) is 13.3. The highest BCUT2D eigenvalue weighted by Crippen LogP contribution is 2.45. The Kier molecular flexibility index (Phi) is 4.21. The van der Waals surface area contributed by atoms with E-state index < -0.39 is 5.97 Å². The van der Waals surface area contributed by atoms with Crippen LogP contribution >= 0.6 is 0 Å². The summed E-state index contributed by atoms with van der Waals surface area (Å²) in [6.07, 6.45) is 2.37. The molecule has 128 valence electrons. The lowest BCUT2D eigenvalue weighted by Crippen LogP contribution is -2.33. The van der Waals surface area contributed by atoms with Crippen molar-refractivity contribution in [1.82, 2.24) is 0 Å². The summed E-state index contributed by atoms with van der Waals surface area (Å²) >= 11 is 0. The molecule has 0 aliphatic heterocycles. The van der Waals surface area contributed by atoms with Crippen molar-refractivity contribution < 1.29 is 9.90 Å². The van der Waals surface area contributed by atoms with E-state index in [2.05, 4.69) is 57.7 Å². The summed E-state index contributed by atoms with van der Waals surface area (Å²) in [5.74, 6) is 5.37. The van der Waals surface area contributed by atoms with Gasteiger partial charge in [0.05, 0.1) is 5.56 Å². The largest absolute Gasteiger partial charge is 0.478 e. The van der Waals surface area contributed by atoms with E-state index in [0.717, 1.165) is 11.1 Å². The number of benzene rings is 2. The number of aromatic carboxylic acids is 1. The van der Waals surface area contributed by atoms with E-state index in [0.29, 0.717) is 0 Å². The van der Waals surface area contributed by atoms with Crippen molar-refractivity contribution in [3.63, 3.8) is 0 Å². The summed E-state index contributed by atoms with van der Waals surface area (Å²) in [6.45, 7) is 9.22. The Morgan fingerprint density at radius 3 is 2.12 bits per heavy atom. The van der Waals surface area contributed by atoms with E-state index in [1.165, 1.54) is 24.0 Å². The highest BCUT2D eigenvalue weighted by atomic mass is 16.4. The third-order valence-corrected chi connectivity index (χ3v) is 5.31. The van der Waals surface area contributed by atoms with Gasteiger partial charge < -0.3 is 5.11 Å². The van der Waals surface area contributed by atoms with Crippen molar-refractivity contribution in [3.05, 3.63) is 70.3 Å². The maximum absolute atomic E-state index is 11.1. The van der Waals surface area contributed by atoms with Crippen molar-refractivity contribution in [2.24, 2.45) is 0 Å². The zero-order valence-electron chi connectivity index (χ0n) is 15.3. The van der Waals surface area contributed by atoms with Crippen LogP contribution < -0.4 is 0 Å². The zero-order chi connectivity index (χ0) is 18.2. The molecule has 2 aromatic rings. The molecule has 25 heavy (non-hydrogen) atoms. The van der Waals surface area contributed by atoms with E-state index in [9.17, 15) is 4.79 Å². The molecular weight excluding hydrogens is 308 g/mol. The van der Waals surface area contributed by atoms with Gasteiger partial charge in [-0.2, -0.15) is 0 Å². The molecule has 2 aromatic carbocycles. The van der Waals surface area contributed by atoms with Crippen LogP contribution in [0.2, 0.25) is 0 Å². The van der Waals surface area contributed by atoms with Crippen molar-refractivity contribution in [2.45, 2.75) is 51.4 Å². The average Bonchev–Trinajstić information content (AvgIpc) is 2.57. The maximum atomic E-state index is 11.1. The fourth-order valence-electron chi connectivity index (χ4n) is 3.54. The number of hydrogen-bond acceptors (Lipinski definition) is 1. The lowest BCUT2D eigenvalue weighted by molar-refractivity contribution is 0.0697. The third kappa shape index (κ3) is 3.46. The van der Waals surface area contributed by atoms with Crippen LogP contribution in [0.4, 0.5) is 0 Å². The lowest BCUT2D eigenvalue weighted by Gasteiger charge is -2.41.